The van der Waals surface area contributed by atoms with Gasteiger partial charge in [-0.15, -0.1) is 6.58 Å². The van der Waals surface area contributed by atoms with Crippen LogP contribution in [0.15, 0.2) is 12.7 Å². The van der Waals surface area contributed by atoms with Crippen molar-refractivity contribution in [2.75, 3.05) is 19.8 Å². The second-order valence-electron chi connectivity index (χ2n) is 5.28. The second-order valence-corrected chi connectivity index (χ2v) is 5.28. The number of hydrogen-bond donors (Lipinski definition) is 3. The number of ether oxygens (including phenoxy) is 1. The quantitative estimate of drug-likeness (QED) is 0.363. The Balaban J connectivity index is 2.27. The molecule has 0 aromatic rings. The van der Waals surface area contributed by atoms with E-state index in [0.717, 1.165) is 32.1 Å². The number of carboxylic acids is 1. The normalized spacial score (nSPS) is 22.1. The van der Waals surface area contributed by atoms with E-state index < -0.39 is 11.9 Å². The van der Waals surface area contributed by atoms with Crippen LogP contribution in [0.1, 0.15) is 38.5 Å². The average Bonchev–Trinajstić information content (AvgIpc) is 2.68. The van der Waals surface area contributed by atoms with E-state index >= 15 is 0 Å². The van der Waals surface area contributed by atoms with E-state index in [1.165, 1.54) is 0 Å². The van der Waals surface area contributed by atoms with Crippen molar-refractivity contribution >= 4 is 12.0 Å². The molecular weight excluding hydrogens is 272 g/mol. The Labute approximate surface area is 125 Å². The maximum atomic E-state index is 11.8. The van der Waals surface area contributed by atoms with Gasteiger partial charge in [-0.1, -0.05) is 25.3 Å². The largest absolute Gasteiger partial charge is 0.481 e. The highest BCUT2D eigenvalue weighted by Crippen LogP contribution is 2.23. The molecule has 0 aromatic carbocycles. The van der Waals surface area contributed by atoms with Gasteiger partial charge in [-0.2, -0.15) is 0 Å². The number of carboxylic acid groups (broad SMARTS) is 1. The first-order valence-corrected chi connectivity index (χ1v) is 7.61. The zero-order chi connectivity index (χ0) is 15.5. The molecule has 2 atom stereocenters. The molecule has 1 fully saturated rings. The van der Waals surface area contributed by atoms with Crippen LogP contribution in [0, 0.1) is 5.92 Å². The topological polar surface area (TPSA) is 87.7 Å². The van der Waals surface area contributed by atoms with Crippen molar-refractivity contribution in [3.8, 4) is 0 Å². The predicted molar refractivity (Wildman–Crippen MR) is 80.2 cm³/mol. The molecule has 120 valence electrons. The van der Waals surface area contributed by atoms with Crippen LogP contribution in [-0.4, -0.2) is 42.9 Å². The number of urea groups is 1. The van der Waals surface area contributed by atoms with Crippen LogP contribution in [-0.2, 0) is 9.53 Å². The van der Waals surface area contributed by atoms with Gasteiger partial charge < -0.3 is 20.5 Å². The van der Waals surface area contributed by atoms with Crippen LogP contribution < -0.4 is 10.6 Å². The third-order valence-corrected chi connectivity index (χ3v) is 3.65. The van der Waals surface area contributed by atoms with Crippen LogP contribution >= 0.6 is 0 Å². The Morgan fingerprint density at radius 3 is 2.71 bits per heavy atom. The molecule has 6 nitrogen and oxygen atoms in total. The fourth-order valence-corrected chi connectivity index (χ4v) is 2.50. The van der Waals surface area contributed by atoms with E-state index in [2.05, 4.69) is 17.2 Å². The summed E-state index contributed by atoms with van der Waals surface area (Å²) in [5.41, 5.74) is 0. The van der Waals surface area contributed by atoms with E-state index in [1.807, 2.05) is 0 Å². The van der Waals surface area contributed by atoms with Crippen LogP contribution in [0.3, 0.4) is 0 Å². The summed E-state index contributed by atoms with van der Waals surface area (Å²) in [6.07, 6.45) is 6.81. The summed E-state index contributed by atoms with van der Waals surface area (Å²) in [4.78, 5) is 23.1. The number of rotatable bonds is 8. The minimum atomic E-state index is -0.824. The van der Waals surface area contributed by atoms with Crippen molar-refractivity contribution < 1.29 is 19.4 Å². The van der Waals surface area contributed by atoms with Gasteiger partial charge in [0.05, 0.1) is 19.1 Å². The maximum Gasteiger partial charge on any atom is 0.315 e. The van der Waals surface area contributed by atoms with Gasteiger partial charge in [0.15, 0.2) is 0 Å². The summed E-state index contributed by atoms with van der Waals surface area (Å²) in [5, 5.41) is 14.7. The van der Waals surface area contributed by atoms with Gasteiger partial charge >= 0.3 is 12.0 Å². The number of carbonyl (C=O) groups is 2. The summed E-state index contributed by atoms with van der Waals surface area (Å²) < 4.78 is 5.29. The van der Waals surface area contributed by atoms with E-state index in [4.69, 9.17) is 4.74 Å². The highest BCUT2D eigenvalue weighted by Gasteiger charge is 2.30. The van der Waals surface area contributed by atoms with E-state index in [9.17, 15) is 14.7 Å². The van der Waals surface area contributed by atoms with Crippen LogP contribution in [0.5, 0.6) is 0 Å². The second kappa shape index (κ2) is 10.2. The van der Waals surface area contributed by atoms with Crippen molar-refractivity contribution in [2.24, 2.45) is 5.92 Å². The lowest BCUT2D eigenvalue weighted by molar-refractivity contribution is -0.142. The van der Waals surface area contributed by atoms with Gasteiger partial charge in [0.2, 0.25) is 0 Å². The molecule has 1 rings (SSSR count). The minimum absolute atomic E-state index is 0.285. The standard InChI is InChI=1S/C15H26N2O4/c1-2-3-10-21-11-9-16-15(20)17-13-8-6-4-5-7-12(13)14(18)19/h2,12-13H,1,3-11H2,(H,18,19)(H2,16,17,20). The van der Waals surface area contributed by atoms with Crippen LogP contribution in [0.2, 0.25) is 0 Å². The fraction of sp³-hybridized carbons (Fsp3) is 0.733. The first-order valence-electron chi connectivity index (χ1n) is 7.61. The van der Waals surface area contributed by atoms with Crippen molar-refractivity contribution in [1.29, 1.82) is 0 Å². The Morgan fingerprint density at radius 1 is 1.24 bits per heavy atom. The molecule has 2 amide bonds. The van der Waals surface area contributed by atoms with Gasteiger partial charge in [-0.3, -0.25) is 4.79 Å². The molecule has 0 saturated heterocycles. The van der Waals surface area contributed by atoms with Gasteiger partial charge in [0.25, 0.3) is 0 Å². The molecule has 0 aromatic heterocycles. The lowest BCUT2D eigenvalue weighted by Gasteiger charge is -2.23. The van der Waals surface area contributed by atoms with E-state index in [-0.39, 0.29) is 12.1 Å². The molecule has 1 aliphatic rings. The van der Waals surface area contributed by atoms with E-state index in [1.54, 1.807) is 6.08 Å². The van der Waals surface area contributed by atoms with E-state index in [0.29, 0.717) is 26.2 Å². The van der Waals surface area contributed by atoms with Gasteiger partial charge in [-0.25, -0.2) is 4.79 Å². The highest BCUT2D eigenvalue weighted by atomic mass is 16.5. The summed E-state index contributed by atoms with van der Waals surface area (Å²) in [7, 11) is 0. The zero-order valence-corrected chi connectivity index (χ0v) is 12.5. The number of hydrogen-bond acceptors (Lipinski definition) is 3. The number of nitrogens with one attached hydrogen (secondary N) is 2. The predicted octanol–water partition coefficient (Wildman–Crippen LogP) is 1.91. The SMILES string of the molecule is C=CCCOCCNC(=O)NC1CCCCCC1C(=O)O. The molecule has 0 bridgehead atoms. The molecule has 0 radical (unpaired) electrons. The molecule has 6 heteroatoms. The number of aliphatic carboxylic acids is 1. The lowest BCUT2D eigenvalue weighted by Crippen LogP contribution is -2.47. The molecule has 3 N–H and O–H groups in total. The molecule has 0 aliphatic heterocycles. The third-order valence-electron chi connectivity index (χ3n) is 3.65. The van der Waals surface area contributed by atoms with Crippen molar-refractivity contribution in [1.82, 2.24) is 10.6 Å². The molecule has 2 unspecified atom stereocenters. The van der Waals surface area contributed by atoms with Crippen LogP contribution in [0.4, 0.5) is 4.79 Å². The molecule has 21 heavy (non-hydrogen) atoms. The van der Waals surface area contributed by atoms with Gasteiger partial charge in [-0.05, 0) is 19.3 Å². The van der Waals surface area contributed by atoms with Gasteiger partial charge in [0, 0.05) is 12.6 Å². The summed E-state index contributed by atoms with van der Waals surface area (Å²) >= 11 is 0. The third kappa shape index (κ3) is 7.13. The Kier molecular flexibility index (Phi) is 8.50. The molecular formula is C15H26N2O4. The smallest absolute Gasteiger partial charge is 0.315 e. The van der Waals surface area contributed by atoms with Gasteiger partial charge in [0.1, 0.15) is 0 Å². The number of amides is 2. The minimum Gasteiger partial charge on any atom is -0.481 e. The Morgan fingerprint density at radius 2 is 2.00 bits per heavy atom. The van der Waals surface area contributed by atoms with Crippen LogP contribution in [0.25, 0.3) is 0 Å². The first kappa shape index (κ1) is 17.5. The van der Waals surface area contributed by atoms with Crippen molar-refractivity contribution in [3.63, 3.8) is 0 Å². The average molecular weight is 298 g/mol. The molecule has 0 heterocycles. The lowest BCUT2D eigenvalue weighted by atomic mass is 9.95. The first-order chi connectivity index (χ1) is 10.1. The molecule has 1 aliphatic carbocycles. The summed E-state index contributed by atoms with van der Waals surface area (Å²) in [6.45, 7) is 5.04. The molecule has 0 spiro atoms. The molecule has 1 saturated carbocycles. The maximum absolute atomic E-state index is 11.8. The highest BCUT2D eigenvalue weighted by molar-refractivity contribution is 5.76. The fourth-order valence-electron chi connectivity index (χ4n) is 2.50. The summed E-state index contributed by atoms with van der Waals surface area (Å²) in [5.74, 6) is -1.31. The zero-order valence-electron chi connectivity index (χ0n) is 12.5. The van der Waals surface area contributed by atoms with Crippen molar-refractivity contribution in [3.05, 3.63) is 12.7 Å². The van der Waals surface area contributed by atoms with Crippen molar-refractivity contribution in [2.45, 2.75) is 44.6 Å². The summed E-state index contributed by atoms with van der Waals surface area (Å²) in [6, 6.07) is -0.604. The Bertz CT molecular complexity index is 347. The Hall–Kier alpha value is -1.56. The monoisotopic (exact) mass is 298 g/mol. The number of carbonyl (C=O) groups excluding carboxylic acids is 1.